The first-order valence-electron chi connectivity index (χ1n) is 10.6. The van der Waals surface area contributed by atoms with Crippen LogP contribution >= 0.6 is 31.9 Å². The van der Waals surface area contributed by atoms with E-state index < -0.39 is 28.0 Å². The number of nitrogens with one attached hydrogen (secondary N) is 1. The molecule has 4 amide bonds. The molecule has 190 valence electrons. The number of nitrogens with zero attached hydrogens (tertiary/aromatic N) is 1. The molecule has 37 heavy (non-hydrogen) atoms. The van der Waals surface area contributed by atoms with Gasteiger partial charge in [0.15, 0.2) is 5.75 Å². The van der Waals surface area contributed by atoms with Gasteiger partial charge in [-0.25, -0.2) is 9.69 Å². The summed E-state index contributed by atoms with van der Waals surface area (Å²) in [5, 5.41) is 2.15. The first kappa shape index (κ1) is 26.6. The summed E-state index contributed by atoms with van der Waals surface area (Å²) in [6, 6.07) is 14.4. The highest BCUT2D eigenvalue weighted by Gasteiger charge is 2.37. The van der Waals surface area contributed by atoms with Crippen molar-refractivity contribution in [2.24, 2.45) is 0 Å². The minimum atomic E-state index is -4.13. The van der Waals surface area contributed by atoms with Crippen LogP contribution in [0, 0.1) is 6.92 Å². The molecule has 0 spiro atoms. The van der Waals surface area contributed by atoms with E-state index in [9.17, 15) is 22.8 Å². The number of anilines is 1. The second kappa shape index (κ2) is 10.5. The van der Waals surface area contributed by atoms with Gasteiger partial charge in [0.2, 0.25) is 0 Å². The molecule has 3 aromatic rings. The number of methoxy groups -OCH3 is 1. The van der Waals surface area contributed by atoms with Crippen LogP contribution in [0.4, 0.5) is 10.5 Å². The van der Waals surface area contributed by atoms with Crippen LogP contribution in [-0.4, -0.2) is 33.4 Å². The zero-order chi connectivity index (χ0) is 26.9. The van der Waals surface area contributed by atoms with Crippen LogP contribution in [0.5, 0.6) is 11.5 Å². The summed E-state index contributed by atoms with van der Waals surface area (Å²) in [7, 11) is -2.64. The Morgan fingerprint density at radius 2 is 1.51 bits per heavy atom. The van der Waals surface area contributed by atoms with Crippen LogP contribution in [0.25, 0.3) is 6.08 Å². The lowest BCUT2D eigenvalue weighted by Crippen LogP contribution is -2.54. The van der Waals surface area contributed by atoms with E-state index in [2.05, 4.69) is 37.2 Å². The van der Waals surface area contributed by atoms with Gasteiger partial charge in [0.25, 0.3) is 11.8 Å². The monoisotopic (exact) mass is 648 g/mol. The number of carbonyl (C=O) groups excluding carboxylic acids is 3. The molecular formula is C25H18Br2N2O7S. The van der Waals surface area contributed by atoms with E-state index in [1.165, 1.54) is 49.6 Å². The summed E-state index contributed by atoms with van der Waals surface area (Å²) in [5.41, 5.74) is 1.21. The lowest BCUT2D eigenvalue weighted by Gasteiger charge is -2.26. The van der Waals surface area contributed by atoms with Crippen molar-refractivity contribution < 1.29 is 31.7 Å². The van der Waals surface area contributed by atoms with Gasteiger partial charge in [0, 0.05) is 0 Å². The summed E-state index contributed by atoms with van der Waals surface area (Å²) < 4.78 is 36.4. The fourth-order valence-electron chi connectivity index (χ4n) is 3.40. The van der Waals surface area contributed by atoms with E-state index in [1.807, 2.05) is 6.92 Å². The van der Waals surface area contributed by atoms with Crippen molar-refractivity contribution >= 4 is 71.6 Å². The lowest BCUT2D eigenvalue weighted by atomic mass is 10.1. The minimum absolute atomic E-state index is 0.0165. The molecule has 1 heterocycles. The van der Waals surface area contributed by atoms with Gasteiger partial charge in [-0.2, -0.15) is 8.42 Å². The van der Waals surface area contributed by atoms with Crippen molar-refractivity contribution in [1.29, 1.82) is 0 Å². The molecule has 12 heteroatoms. The van der Waals surface area contributed by atoms with Crippen molar-refractivity contribution in [3.05, 3.63) is 86.3 Å². The summed E-state index contributed by atoms with van der Waals surface area (Å²) in [6.07, 6.45) is 1.29. The van der Waals surface area contributed by atoms with Gasteiger partial charge >= 0.3 is 16.1 Å². The molecule has 3 aromatic carbocycles. The molecular weight excluding hydrogens is 632 g/mol. The highest BCUT2D eigenvalue weighted by Crippen LogP contribution is 2.37. The molecule has 0 aliphatic carbocycles. The number of urea groups is 1. The number of amides is 4. The summed E-state index contributed by atoms with van der Waals surface area (Å²) in [5.74, 6) is -1.18. The number of rotatable bonds is 6. The Morgan fingerprint density at radius 1 is 0.919 bits per heavy atom. The van der Waals surface area contributed by atoms with Gasteiger partial charge in [0.1, 0.15) is 16.2 Å². The second-order valence-electron chi connectivity index (χ2n) is 7.82. The van der Waals surface area contributed by atoms with E-state index in [-0.39, 0.29) is 30.9 Å². The summed E-state index contributed by atoms with van der Waals surface area (Å²) >= 11 is 6.58. The number of ether oxygens (including phenoxy) is 1. The Bertz CT molecular complexity index is 1530. The number of carbonyl (C=O) groups is 3. The van der Waals surface area contributed by atoms with Crippen LogP contribution in [0.1, 0.15) is 11.1 Å². The highest BCUT2D eigenvalue weighted by atomic mass is 79.9. The molecule has 1 saturated heterocycles. The largest absolute Gasteiger partial charge is 0.497 e. The second-order valence-corrected chi connectivity index (χ2v) is 11.1. The van der Waals surface area contributed by atoms with Gasteiger partial charge in [-0.05, 0) is 99.0 Å². The summed E-state index contributed by atoms with van der Waals surface area (Å²) in [4.78, 5) is 38.9. The average Bonchev–Trinajstić information content (AvgIpc) is 2.84. The maximum atomic E-state index is 13.1. The first-order valence-corrected chi connectivity index (χ1v) is 13.6. The molecule has 0 saturated carbocycles. The molecule has 9 nitrogen and oxygen atoms in total. The Labute approximate surface area is 229 Å². The van der Waals surface area contributed by atoms with Crippen LogP contribution < -0.4 is 19.1 Å². The number of halogens is 2. The maximum Gasteiger partial charge on any atom is 0.339 e. The van der Waals surface area contributed by atoms with Crippen molar-refractivity contribution in [3.63, 3.8) is 0 Å². The average molecular weight is 650 g/mol. The van der Waals surface area contributed by atoms with E-state index in [0.29, 0.717) is 11.3 Å². The van der Waals surface area contributed by atoms with Gasteiger partial charge in [0.05, 0.1) is 21.7 Å². The quantitative estimate of drug-likeness (QED) is 0.228. The topological polar surface area (TPSA) is 119 Å². The van der Waals surface area contributed by atoms with Gasteiger partial charge in [-0.15, -0.1) is 0 Å². The van der Waals surface area contributed by atoms with Crippen molar-refractivity contribution in [2.75, 3.05) is 12.0 Å². The maximum absolute atomic E-state index is 13.1. The molecule has 1 fully saturated rings. The zero-order valence-electron chi connectivity index (χ0n) is 19.3. The predicted octanol–water partition coefficient (Wildman–Crippen LogP) is 4.96. The molecule has 1 aliphatic rings. The third-order valence-electron chi connectivity index (χ3n) is 5.27. The fraction of sp³-hybridized carbons (Fsp3) is 0.0800. The van der Waals surface area contributed by atoms with E-state index in [0.717, 1.165) is 10.5 Å². The van der Waals surface area contributed by atoms with Crippen molar-refractivity contribution in [3.8, 4) is 11.5 Å². The number of barbiturate groups is 1. The number of aryl methyl sites for hydroxylation is 1. The SMILES string of the molecule is COc1ccc(N2C(=O)NC(=O)/C(=C\c3cc(Br)c(OS(=O)(=O)c4ccc(C)cc4)c(Br)c3)C2=O)cc1. The Balaban J connectivity index is 1.65. The molecule has 1 N–H and O–H groups in total. The molecule has 0 bridgehead atoms. The molecule has 0 atom stereocenters. The summed E-state index contributed by atoms with van der Waals surface area (Å²) in [6.45, 7) is 1.83. The van der Waals surface area contributed by atoms with E-state index >= 15 is 0 Å². The van der Waals surface area contributed by atoms with Crippen molar-refractivity contribution in [1.82, 2.24) is 5.32 Å². The van der Waals surface area contributed by atoms with Crippen LogP contribution in [0.15, 0.2) is 80.1 Å². The number of imide groups is 2. The predicted molar refractivity (Wildman–Crippen MR) is 143 cm³/mol. The van der Waals surface area contributed by atoms with Gasteiger partial charge in [-0.1, -0.05) is 17.7 Å². The van der Waals surface area contributed by atoms with Crippen LogP contribution in [0.3, 0.4) is 0 Å². The zero-order valence-corrected chi connectivity index (χ0v) is 23.3. The molecule has 1 aliphatic heterocycles. The number of benzene rings is 3. The normalized spacial score (nSPS) is 15.1. The highest BCUT2D eigenvalue weighted by molar-refractivity contribution is 9.11. The Morgan fingerprint density at radius 3 is 2.08 bits per heavy atom. The number of hydrogen-bond donors (Lipinski definition) is 1. The molecule has 0 aromatic heterocycles. The molecule has 4 rings (SSSR count). The van der Waals surface area contributed by atoms with E-state index in [1.54, 1.807) is 24.3 Å². The third kappa shape index (κ3) is 5.60. The van der Waals surface area contributed by atoms with Gasteiger partial charge < -0.3 is 8.92 Å². The standard InChI is InChI=1S/C25H18Br2N2O7S/c1-14-3-9-18(10-4-14)37(33,34)36-22-20(26)12-15(13-21(22)27)11-19-23(30)28-25(32)29(24(19)31)16-5-7-17(35-2)8-6-16/h3-13H,1-2H3,(H,28,30,32)/b19-11+. The van der Waals surface area contributed by atoms with E-state index in [4.69, 9.17) is 8.92 Å². The Hall–Kier alpha value is -3.48. The first-order chi connectivity index (χ1) is 17.5. The lowest BCUT2D eigenvalue weighted by molar-refractivity contribution is -0.122. The Kier molecular flexibility index (Phi) is 7.53. The number of hydrogen-bond acceptors (Lipinski definition) is 7. The smallest absolute Gasteiger partial charge is 0.339 e. The molecule has 0 radical (unpaired) electrons. The minimum Gasteiger partial charge on any atom is -0.497 e. The fourth-order valence-corrected chi connectivity index (χ4v) is 5.96. The molecule has 0 unspecified atom stereocenters. The van der Waals surface area contributed by atoms with Crippen LogP contribution in [-0.2, 0) is 19.7 Å². The third-order valence-corrected chi connectivity index (χ3v) is 7.68. The van der Waals surface area contributed by atoms with Crippen LogP contribution in [0.2, 0.25) is 0 Å². The van der Waals surface area contributed by atoms with Gasteiger partial charge in [-0.3, -0.25) is 14.9 Å². The van der Waals surface area contributed by atoms with Crippen molar-refractivity contribution in [2.45, 2.75) is 11.8 Å².